The molecule has 1 aromatic heterocycles. The van der Waals surface area contributed by atoms with Gasteiger partial charge in [0.25, 0.3) is 0 Å². The fraction of sp³-hybridized carbons (Fsp3) is 0.488. The first-order valence-electron chi connectivity index (χ1n) is 18.2. The molecule has 0 saturated heterocycles. The van der Waals surface area contributed by atoms with Crippen LogP contribution in [-0.2, 0) is 22.3 Å². The standard InChI is InChI=1S/C26H25F3N2O2.C15H28N2O4/c1-3-4-5-17(2)25-30-24(31-33-25)21-9-8-20-15-23(13-10-19(20)14-21)32-16-18-6-11-22(12-7-18)26(27,28)29;1-9-10(2)11(16-12(18)20-14(3,4)5)17-13(19)21-15(6,7)8/h6-15,17H,3-5,16H2,1-2H3;10H,9H2,1-8H3,(H,16,17,18,19). The number of amidine groups is 1. The molecule has 0 fully saturated rings. The molecule has 0 spiro atoms. The third-order valence-corrected chi connectivity index (χ3v) is 7.92. The van der Waals surface area contributed by atoms with Crippen LogP contribution in [0.1, 0.15) is 118 Å². The number of nitrogens with one attached hydrogen (secondary N) is 1. The number of nitrogens with zero attached hydrogens (tertiary/aromatic N) is 3. The van der Waals surface area contributed by atoms with Crippen molar-refractivity contribution < 1.29 is 41.5 Å². The van der Waals surface area contributed by atoms with Crippen molar-refractivity contribution in [2.24, 2.45) is 10.9 Å². The largest absolute Gasteiger partial charge is 0.489 e. The number of hydrogen-bond donors (Lipinski definition) is 1. The van der Waals surface area contributed by atoms with Crippen LogP contribution in [0, 0.1) is 5.92 Å². The summed E-state index contributed by atoms with van der Waals surface area (Å²) in [4.78, 5) is 32.0. The highest BCUT2D eigenvalue weighted by Gasteiger charge is 2.30. The molecule has 2 unspecified atom stereocenters. The summed E-state index contributed by atoms with van der Waals surface area (Å²) in [6, 6.07) is 16.6. The van der Waals surface area contributed by atoms with E-state index in [0.29, 0.717) is 23.0 Å². The lowest BCUT2D eigenvalue weighted by Gasteiger charge is -2.22. The van der Waals surface area contributed by atoms with E-state index in [-0.39, 0.29) is 24.3 Å². The Hall–Kier alpha value is -4.94. The second kappa shape index (κ2) is 18.9. The van der Waals surface area contributed by atoms with Gasteiger partial charge >= 0.3 is 18.4 Å². The number of aliphatic imine (C=N–C) groups is 1. The van der Waals surface area contributed by atoms with Gasteiger partial charge in [0.2, 0.25) is 11.7 Å². The van der Waals surface area contributed by atoms with E-state index in [9.17, 15) is 22.8 Å². The van der Waals surface area contributed by atoms with Crippen molar-refractivity contribution in [3.63, 3.8) is 0 Å². The topological polar surface area (TPSA) is 125 Å². The van der Waals surface area contributed by atoms with Crippen molar-refractivity contribution >= 4 is 28.8 Å². The fourth-order valence-electron chi connectivity index (χ4n) is 4.84. The third-order valence-electron chi connectivity index (χ3n) is 7.92. The highest BCUT2D eigenvalue weighted by Crippen LogP contribution is 2.30. The van der Waals surface area contributed by atoms with E-state index in [0.717, 1.165) is 54.2 Å². The average Bonchev–Trinajstić information content (AvgIpc) is 3.58. The van der Waals surface area contributed by atoms with Gasteiger partial charge in [0.1, 0.15) is 29.4 Å². The molecule has 10 nitrogen and oxygen atoms in total. The molecule has 54 heavy (non-hydrogen) atoms. The first-order valence-corrected chi connectivity index (χ1v) is 18.2. The Morgan fingerprint density at radius 1 is 0.870 bits per heavy atom. The van der Waals surface area contributed by atoms with Crippen LogP contribution in [0.5, 0.6) is 5.75 Å². The minimum absolute atomic E-state index is 0.0926. The third kappa shape index (κ3) is 14.5. The summed E-state index contributed by atoms with van der Waals surface area (Å²) in [5.41, 5.74) is -0.376. The lowest BCUT2D eigenvalue weighted by molar-refractivity contribution is -0.137. The number of hydrogen-bond acceptors (Lipinski definition) is 8. The normalized spacial score (nSPS) is 13.4. The van der Waals surface area contributed by atoms with Crippen LogP contribution < -0.4 is 10.1 Å². The smallest absolute Gasteiger partial charge is 0.435 e. The maximum absolute atomic E-state index is 12.7. The van der Waals surface area contributed by atoms with Gasteiger partial charge in [0.15, 0.2) is 0 Å². The number of aromatic nitrogens is 2. The van der Waals surface area contributed by atoms with E-state index < -0.39 is 35.1 Å². The molecule has 0 saturated carbocycles. The highest BCUT2D eigenvalue weighted by atomic mass is 19.4. The highest BCUT2D eigenvalue weighted by molar-refractivity contribution is 6.01. The van der Waals surface area contributed by atoms with Gasteiger partial charge < -0.3 is 18.7 Å². The van der Waals surface area contributed by atoms with E-state index in [1.54, 1.807) is 41.5 Å². The number of alkyl halides is 3. The molecule has 0 aliphatic rings. The Kier molecular flexibility index (Phi) is 15.2. The summed E-state index contributed by atoms with van der Waals surface area (Å²) >= 11 is 0. The van der Waals surface area contributed by atoms with E-state index in [1.165, 1.54) is 12.1 Å². The van der Waals surface area contributed by atoms with Gasteiger partial charge in [-0.15, -0.1) is 0 Å². The first kappa shape index (κ1) is 43.5. The van der Waals surface area contributed by atoms with E-state index in [1.807, 2.05) is 50.2 Å². The van der Waals surface area contributed by atoms with Crippen LogP contribution in [0.4, 0.5) is 22.8 Å². The van der Waals surface area contributed by atoms with Gasteiger partial charge in [-0.05, 0) is 101 Å². The zero-order valence-electron chi connectivity index (χ0n) is 32.9. The Morgan fingerprint density at radius 2 is 1.50 bits per heavy atom. The van der Waals surface area contributed by atoms with E-state index in [2.05, 4.69) is 34.3 Å². The molecule has 4 rings (SSSR count). The van der Waals surface area contributed by atoms with E-state index >= 15 is 0 Å². The van der Waals surface area contributed by atoms with E-state index in [4.69, 9.17) is 18.7 Å². The molecule has 13 heteroatoms. The first-order chi connectivity index (χ1) is 25.2. The molecule has 0 aliphatic carbocycles. The molecule has 294 valence electrons. The Bertz CT molecular complexity index is 1860. The summed E-state index contributed by atoms with van der Waals surface area (Å²) in [7, 11) is 0. The Morgan fingerprint density at radius 3 is 2.09 bits per heavy atom. The number of ether oxygens (including phenoxy) is 3. The van der Waals surface area contributed by atoms with Crippen LogP contribution in [-0.4, -0.2) is 39.4 Å². The van der Waals surface area contributed by atoms with Gasteiger partial charge in [-0.1, -0.05) is 76.0 Å². The van der Waals surface area contributed by atoms with Crippen LogP contribution in [0.2, 0.25) is 0 Å². The summed E-state index contributed by atoms with van der Waals surface area (Å²) in [5.74, 6) is 2.26. The SMILES string of the molecule is CCC(C)/C(=N/C(=O)OC(C)(C)C)NC(=O)OC(C)(C)C.CCCCC(C)c1nc(-c2ccc3cc(OCc4ccc(C(F)(F)F)cc4)ccc3c2)no1. The molecule has 2 amide bonds. The molecule has 0 radical (unpaired) electrons. The zero-order valence-corrected chi connectivity index (χ0v) is 32.9. The van der Waals surface area contributed by atoms with Crippen molar-refractivity contribution in [3.8, 4) is 17.1 Å². The van der Waals surface area contributed by atoms with Gasteiger partial charge in [-0.2, -0.15) is 23.1 Å². The van der Waals surface area contributed by atoms with Crippen molar-refractivity contribution in [2.45, 2.75) is 125 Å². The van der Waals surface area contributed by atoms with Gasteiger partial charge in [0, 0.05) is 17.4 Å². The maximum Gasteiger partial charge on any atom is 0.435 e. The van der Waals surface area contributed by atoms with Gasteiger partial charge in [-0.25, -0.2) is 9.59 Å². The molecule has 0 bridgehead atoms. The minimum atomic E-state index is -4.34. The Balaban J connectivity index is 0.000000325. The number of rotatable bonds is 10. The predicted octanol–water partition coefficient (Wildman–Crippen LogP) is 11.7. The Labute approximate surface area is 315 Å². The van der Waals surface area contributed by atoms with Crippen LogP contribution in [0.3, 0.4) is 0 Å². The second-order valence-electron chi connectivity index (χ2n) is 15.1. The molecule has 1 N–H and O–H groups in total. The molecule has 4 aromatic rings. The summed E-state index contributed by atoms with van der Waals surface area (Å²) < 4.78 is 59.6. The lowest BCUT2D eigenvalue weighted by Crippen LogP contribution is -2.39. The average molecular weight is 755 g/mol. The van der Waals surface area contributed by atoms with Crippen molar-refractivity contribution in [1.29, 1.82) is 0 Å². The number of unbranched alkanes of at least 4 members (excludes halogenated alkanes) is 1. The van der Waals surface area contributed by atoms with Crippen molar-refractivity contribution in [1.82, 2.24) is 15.5 Å². The second-order valence-corrected chi connectivity index (χ2v) is 15.1. The predicted molar refractivity (Wildman–Crippen MR) is 203 cm³/mol. The van der Waals surface area contributed by atoms with Gasteiger partial charge in [-0.3, -0.25) is 5.32 Å². The number of carbonyl (C=O) groups is 2. The molecule has 3 aromatic carbocycles. The van der Waals surface area contributed by atoms with Crippen LogP contribution >= 0.6 is 0 Å². The summed E-state index contributed by atoms with van der Waals surface area (Å²) in [5, 5.41) is 8.65. The van der Waals surface area contributed by atoms with Crippen molar-refractivity contribution in [2.75, 3.05) is 0 Å². The molecular weight excluding hydrogens is 701 g/mol. The quantitative estimate of drug-likeness (QED) is 0.125. The number of benzene rings is 3. The number of alkyl carbamates (subject to hydrolysis) is 1. The van der Waals surface area contributed by atoms with Crippen molar-refractivity contribution in [3.05, 3.63) is 77.7 Å². The molecular formula is C41H53F3N4O6. The summed E-state index contributed by atoms with van der Waals surface area (Å²) in [6.45, 7) is 18.8. The minimum Gasteiger partial charge on any atom is -0.489 e. The van der Waals surface area contributed by atoms with Gasteiger partial charge in [0.05, 0.1) is 5.56 Å². The monoisotopic (exact) mass is 754 g/mol. The number of halogens is 3. The van der Waals surface area contributed by atoms with Crippen LogP contribution in [0.15, 0.2) is 70.2 Å². The molecule has 1 heterocycles. The summed E-state index contributed by atoms with van der Waals surface area (Å²) in [6.07, 6.45) is -1.71. The number of fused-ring (bicyclic) bond motifs is 1. The maximum atomic E-state index is 12.7. The number of amides is 2. The number of carbonyl (C=O) groups excluding carboxylic acids is 2. The fourth-order valence-corrected chi connectivity index (χ4v) is 4.84. The molecule has 0 aliphatic heterocycles. The zero-order chi connectivity index (χ0) is 40.3. The lowest BCUT2D eigenvalue weighted by atomic mass is 10.0. The molecule has 2 atom stereocenters. The van der Waals surface area contributed by atoms with Crippen LogP contribution in [0.25, 0.3) is 22.2 Å².